The lowest BCUT2D eigenvalue weighted by atomic mass is 10.0. The molecule has 0 aromatic carbocycles. The van der Waals surface area contributed by atoms with Crippen LogP contribution in [0.4, 0.5) is 0 Å². The summed E-state index contributed by atoms with van der Waals surface area (Å²) in [5, 5.41) is 3.08. The van der Waals surface area contributed by atoms with Gasteiger partial charge in [-0.2, -0.15) is 0 Å². The number of carbonyl (C=O) groups is 1. The van der Waals surface area contributed by atoms with Gasteiger partial charge in [0, 0.05) is 12.7 Å². The molecule has 0 spiro atoms. The molecule has 0 fully saturated rings. The van der Waals surface area contributed by atoms with E-state index < -0.39 is 0 Å². The quantitative estimate of drug-likeness (QED) is 0.648. The molecule has 0 atom stereocenters. The Morgan fingerprint density at radius 3 is 3.08 bits per heavy atom. The molecule has 0 saturated heterocycles. The molecule has 0 unspecified atom stereocenters. The molecule has 3 N–H and O–H groups in total. The summed E-state index contributed by atoms with van der Waals surface area (Å²) in [6.45, 7) is 0. The Balaban J connectivity index is 2.60. The Labute approximate surface area is 72.3 Å². The van der Waals surface area contributed by atoms with Crippen molar-refractivity contribution in [1.29, 1.82) is 0 Å². The Morgan fingerprint density at radius 1 is 1.75 bits per heavy atom. The minimum absolute atomic E-state index is 0.269. The van der Waals surface area contributed by atoms with Gasteiger partial charge in [0.25, 0.3) is 0 Å². The van der Waals surface area contributed by atoms with Crippen molar-refractivity contribution in [3.05, 3.63) is 23.4 Å². The number of nitrogens with two attached hydrogens (primary N) is 1. The molecule has 0 aliphatic heterocycles. The third kappa shape index (κ3) is 2.42. The van der Waals surface area contributed by atoms with Crippen LogP contribution >= 0.6 is 0 Å². The van der Waals surface area contributed by atoms with Crippen LogP contribution in [0.3, 0.4) is 0 Å². The second-order valence-corrected chi connectivity index (χ2v) is 2.88. The zero-order valence-corrected chi connectivity index (χ0v) is 7.26. The fourth-order valence-corrected chi connectivity index (χ4v) is 1.29. The van der Waals surface area contributed by atoms with E-state index in [0.29, 0.717) is 6.42 Å². The summed E-state index contributed by atoms with van der Waals surface area (Å²) in [6.07, 6.45) is 6.43. The molecule has 1 aliphatic rings. The Hall–Kier alpha value is -1.25. The van der Waals surface area contributed by atoms with Gasteiger partial charge in [-0.3, -0.25) is 4.79 Å². The van der Waals surface area contributed by atoms with Crippen molar-refractivity contribution in [3.8, 4) is 0 Å². The first-order chi connectivity index (χ1) is 5.72. The van der Waals surface area contributed by atoms with Crippen LogP contribution in [0.25, 0.3) is 0 Å². The minimum atomic E-state index is -0.269. The lowest BCUT2D eigenvalue weighted by molar-refractivity contribution is -0.117. The molecule has 1 rings (SSSR count). The minimum Gasteiger partial charge on any atom is -0.391 e. The van der Waals surface area contributed by atoms with Gasteiger partial charge in [-0.15, -0.1) is 0 Å². The van der Waals surface area contributed by atoms with Gasteiger partial charge in [0.05, 0.1) is 6.42 Å². The molecular weight excluding hydrogens is 152 g/mol. The van der Waals surface area contributed by atoms with Crippen LogP contribution in [0.15, 0.2) is 23.4 Å². The van der Waals surface area contributed by atoms with Crippen molar-refractivity contribution in [2.24, 2.45) is 5.73 Å². The molecule has 3 nitrogen and oxygen atoms in total. The lowest BCUT2D eigenvalue weighted by Crippen LogP contribution is -2.13. The largest absolute Gasteiger partial charge is 0.391 e. The van der Waals surface area contributed by atoms with Crippen LogP contribution in [-0.4, -0.2) is 13.0 Å². The zero-order valence-electron chi connectivity index (χ0n) is 7.26. The summed E-state index contributed by atoms with van der Waals surface area (Å²) in [5.41, 5.74) is 7.28. The normalized spacial score (nSPS) is 16.4. The number of hydrogen-bond donors (Lipinski definition) is 2. The maximum atomic E-state index is 10.6. The standard InChI is InChI=1S/C9H14N2O/c1-11-8-4-2-3-7(5-8)6-9(10)12/h3,5,11H,2,4,6H2,1H3,(H2,10,12). The summed E-state index contributed by atoms with van der Waals surface area (Å²) < 4.78 is 0. The van der Waals surface area contributed by atoms with Crippen LogP contribution in [0.5, 0.6) is 0 Å². The monoisotopic (exact) mass is 166 g/mol. The highest BCUT2D eigenvalue weighted by atomic mass is 16.1. The first-order valence-corrected chi connectivity index (χ1v) is 4.08. The van der Waals surface area contributed by atoms with Crippen LogP contribution in [0.1, 0.15) is 19.3 Å². The van der Waals surface area contributed by atoms with Crippen molar-refractivity contribution >= 4 is 5.91 Å². The molecule has 66 valence electrons. The van der Waals surface area contributed by atoms with Crippen LogP contribution in [0, 0.1) is 0 Å². The molecule has 0 heterocycles. The number of allylic oxidation sites excluding steroid dienone is 3. The lowest BCUT2D eigenvalue weighted by Gasteiger charge is -2.12. The third-order valence-corrected chi connectivity index (χ3v) is 1.88. The van der Waals surface area contributed by atoms with Gasteiger partial charge in [0.15, 0.2) is 0 Å². The van der Waals surface area contributed by atoms with Crippen molar-refractivity contribution in [2.45, 2.75) is 19.3 Å². The van der Waals surface area contributed by atoms with E-state index in [0.717, 1.165) is 18.4 Å². The van der Waals surface area contributed by atoms with Crippen molar-refractivity contribution in [1.82, 2.24) is 5.32 Å². The number of primary amides is 1. The summed E-state index contributed by atoms with van der Waals surface area (Å²) in [5.74, 6) is -0.269. The van der Waals surface area contributed by atoms with Crippen LogP contribution in [0.2, 0.25) is 0 Å². The van der Waals surface area contributed by atoms with E-state index >= 15 is 0 Å². The number of rotatable bonds is 3. The van der Waals surface area contributed by atoms with E-state index in [9.17, 15) is 4.79 Å². The van der Waals surface area contributed by atoms with Gasteiger partial charge < -0.3 is 11.1 Å². The SMILES string of the molecule is CNC1=CC(CC(N)=O)=CCC1. The average molecular weight is 166 g/mol. The summed E-state index contributed by atoms with van der Waals surface area (Å²) in [7, 11) is 1.89. The van der Waals surface area contributed by atoms with E-state index in [1.165, 1.54) is 5.70 Å². The highest BCUT2D eigenvalue weighted by Crippen LogP contribution is 2.16. The van der Waals surface area contributed by atoms with E-state index in [-0.39, 0.29) is 5.91 Å². The molecule has 0 radical (unpaired) electrons. The average Bonchev–Trinajstić information content (AvgIpc) is 2.03. The fourth-order valence-electron chi connectivity index (χ4n) is 1.29. The number of hydrogen-bond acceptors (Lipinski definition) is 2. The van der Waals surface area contributed by atoms with E-state index in [2.05, 4.69) is 11.4 Å². The Bertz CT molecular complexity index is 241. The van der Waals surface area contributed by atoms with Crippen molar-refractivity contribution < 1.29 is 4.79 Å². The predicted octanol–water partition coefficient (Wildman–Crippen LogP) is 0.685. The zero-order chi connectivity index (χ0) is 8.97. The molecule has 0 bridgehead atoms. The molecule has 0 aromatic rings. The molecule has 0 saturated carbocycles. The topological polar surface area (TPSA) is 55.1 Å². The van der Waals surface area contributed by atoms with Gasteiger partial charge in [-0.05, 0) is 24.5 Å². The molecule has 1 aliphatic carbocycles. The molecule has 3 heteroatoms. The fraction of sp³-hybridized carbons (Fsp3) is 0.444. The van der Waals surface area contributed by atoms with Crippen LogP contribution in [-0.2, 0) is 4.79 Å². The summed E-state index contributed by atoms with van der Waals surface area (Å²) >= 11 is 0. The van der Waals surface area contributed by atoms with Crippen LogP contribution < -0.4 is 11.1 Å². The number of amides is 1. The first kappa shape index (κ1) is 8.84. The van der Waals surface area contributed by atoms with Gasteiger partial charge in [-0.1, -0.05) is 6.08 Å². The summed E-state index contributed by atoms with van der Waals surface area (Å²) in [4.78, 5) is 10.6. The Morgan fingerprint density at radius 2 is 2.50 bits per heavy atom. The van der Waals surface area contributed by atoms with Gasteiger partial charge in [0.2, 0.25) is 5.91 Å². The second-order valence-electron chi connectivity index (χ2n) is 2.88. The highest BCUT2D eigenvalue weighted by molar-refractivity contribution is 5.77. The van der Waals surface area contributed by atoms with E-state index in [1.54, 1.807) is 0 Å². The molecule has 12 heavy (non-hydrogen) atoms. The maximum Gasteiger partial charge on any atom is 0.221 e. The Kier molecular flexibility index (Phi) is 2.91. The molecule has 1 amide bonds. The van der Waals surface area contributed by atoms with Gasteiger partial charge in [0.1, 0.15) is 0 Å². The number of nitrogens with one attached hydrogen (secondary N) is 1. The van der Waals surface area contributed by atoms with Gasteiger partial charge >= 0.3 is 0 Å². The molecular formula is C9H14N2O. The third-order valence-electron chi connectivity index (χ3n) is 1.88. The van der Waals surface area contributed by atoms with E-state index in [4.69, 9.17) is 5.73 Å². The van der Waals surface area contributed by atoms with Gasteiger partial charge in [-0.25, -0.2) is 0 Å². The smallest absolute Gasteiger partial charge is 0.221 e. The highest BCUT2D eigenvalue weighted by Gasteiger charge is 2.05. The second kappa shape index (κ2) is 3.95. The van der Waals surface area contributed by atoms with E-state index in [1.807, 2.05) is 13.1 Å². The summed E-state index contributed by atoms with van der Waals surface area (Å²) in [6, 6.07) is 0. The molecule has 0 aromatic heterocycles. The predicted molar refractivity (Wildman–Crippen MR) is 48.3 cm³/mol. The first-order valence-electron chi connectivity index (χ1n) is 4.08. The number of carbonyl (C=O) groups excluding carboxylic acids is 1. The maximum absolute atomic E-state index is 10.6. The van der Waals surface area contributed by atoms with Crippen molar-refractivity contribution in [3.63, 3.8) is 0 Å². The van der Waals surface area contributed by atoms with Crippen molar-refractivity contribution in [2.75, 3.05) is 7.05 Å².